The van der Waals surface area contributed by atoms with Crippen LogP contribution >= 0.6 is 0 Å². The largest absolute Gasteiger partial charge is 0.467 e. The maximum atomic E-state index is 12.8. The van der Waals surface area contributed by atoms with Gasteiger partial charge in [0, 0.05) is 45.0 Å². The van der Waals surface area contributed by atoms with E-state index in [-0.39, 0.29) is 12.5 Å². The molecule has 0 aromatic carbocycles. The number of urea groups is 1. The topological polar surface area (TPSA) is 116 Å². The third-order valence-corrected chi connectivity index (χ3v) is 5.54. The summed E-state index contributed by atoms with van der Waals surface area (Å²) in [6.45, 7) is 8.46. The highest BCUT2D eigenvalue weighted by Crippen LogP contribution is 2.28. The fourth-order valence-corrected chi connectivity index (χ4v) is 3.85. The monoisotopic (exact) mass is 447 g/mol. The van der Waals surface area contributed by atoms with E-state index in [2.05, 4.69) is 32.7 Å². The third kappa shape index (κ3) is 6.33. The first-order valence-corrected chi connectivity index (χ1v) is 11.2. The summed E-state index contributed by atoms with van der Waals surface area (Å²) in [6.07, 6.45) is 3.54. The van der Waals surface area contributed by atoms with E-state index < -0.39 is 18.0 Å². The lowest BCUT2D eigenvalue weighted by atomic mass is 9.99. The van der Waals surface area contributed by atoms with Gasteiger partial charge in [0.05, 0.1) is 25.0 Å². The smallest absolute Gasteiger partial charge is 0.338 e. The van der Waals surface area contributed by atoms with Gasteiger partial charge in [-0.05, 0) is 25.5 Å². The molecule has 1 aromatic rings. The summed E-state index contributed by atoms with van der Waals surface area (Å²) in [5, 5.41) is 8.48. The number of carbonyl (C=O) groups is 3. The van der Waals surface area contributed by atoms with E-state index >= 15 is 0 Å². The molecule has 2 aliphatic rings. The van der Waals surface area contributed by atoms with Gasteiger partial charge in [0.2, 0.25) is 5.91 Å². The molecule has 1 aromatic heterocycles. The van der Waals surface area contributed by atoms with Gasteiger partial charge in [-0.3, -0.25) is 14.6 Å². The van der Waals surface area contributed by atoms with Crippen molar-refractivity contribution >= 4 is 17.9 Å². The van der Waals surface area contributed by atoms with Crippen LogP contribution < -0.4 is 16.0 Å². The maximum Gasteiger partial charge on any atom is 0.338 e. The summed E-state index contributed by atoms with van der Waals surface area (Å²) in [7, 11) is 0. The van der Waals surface area contributed by atoms with Crippen LogP contribution in [0.15, 0.2) is 34.1 Å². The van der Waals surface area contributed by atoms with Crippen LogP contribution in [0, 0.1) is 0 Å². The maximum absolute atomic E-state index is 12.8. The van der Waals surface area contributed by atoms with E-state index in [4.69, 9.17) is 9.15 Å². The van der Waals surface area contributed by atoms with Crippen LogP contribution in [0.5, 0.6) is 0 Å². The number of furan rings is 1. The summed E-state index contributed by atoms with van der Waals surface area (Å²) >= 11 is 0. The van der Waals surface area contributed by atoms with Crippen LogP contribution in [0.2, 0.25) is 0 Å². The van der Waals surface area contributed by atoms with Crippen LogP contribution in [-0.2, 0) is 14.3 Å². The molecule has 1 saturated heterocycles. The molecule has 3 rings (SSSR count). The molecule has 0 spiro atoms. The molecule has 3 heterocycles. The quantitative estimate of drug-likeness (QED) is 0.362. The number of amides is 3. The van der Waals surface area contributed by atoms with Crippen LogP contribution in [-0.4, -0.2) is 80.1 Å². The first-order chi connectivity index (χ1) is 15.5. The van der Waals surface area contributed by atoms with Gasteiger partial charge < -0.3 is 25.1 Å². The summed E-state index contributed by atoms with van der Waals surface area (Å²) in [6, 6.07) is 2.33. The number of carbonyl (C=O) groups excluding carboxylic acids is 3. The highest BCUT2D eigenvalue weighted by atomic mass is 16.5. The van der Waals surface area contributed by atoms with Crippen LogP contribution in [0.4, 0.5) is 4.79 Å². The molecule has 3 amide bonds. The Morgan fingerprint density at radius 2 is 1.97 bits per heavy atom. The second-order valence-corrected chi connectivity index (χ2v) is 7.92. The fraction of sp³-hybridized carbons (Fsp3) is 0.591. The third-order valence-electron chi connectivity index (χ3n) is 5.54. The van der Waals surface area contributed by atoms with Gasteiger partial charge in [-0.1, -0.05) is 13.3 Å². The van der Waals surface area contributed by atoms with Crippen molar-refractivity contribution in [3.63, 3.8) is 0 Å². The Labute approximate surface area is 188 Å². The average Bonchev–Trinajstić information content (AvgIpc) is 3.30. The Bertz CT molecular complexity index is 815. The van der Waals surface area contributed by atoms with Crippen molar-refractivity contribution in [2.45, 2.75) is 32.7 Å². The minimum Gasteiger partial charge on any atom is -0.467 e. The molecular weight excluding hydrogens is 414 g/mol. The van der Waals surface area contributed by atoms with Crippen molar-refractivity contribution < 1.29 is 23.5 Å². The van der Waals surface area contributed by atoms with Crippen LogP contribution in [0.25, 0.3) is 0 Å². The van der Waals surface area contributed by atoms with E-state index in [1.54, 1.807) is 19.1 Å². The highest BCUT2D eigenvalue weighted by Gasteiger charge is 2.36. The van der Waals surface area contributed by atoms with Gasteiger partial charge in [-0.2, -0.15) is 0 Å². The lowest BCUT2D eigenvalue weighted by Gasteiger charge is -2.36. The molecule has 0 bridgehead atoms. The van der Waals surface area contributed by atoms with Crippen molar-refractivity contribution in [1.82, 2.24) is 25.8 Å². The number of esters is 1. The highest BCUT2D eigenvalue weighted by molar-refractivity contribution is 5.95. The zero-order valence-corrected chi connectivity index (χ0v) is 18.8. The fourth-order valence-electron chi connectivity index (χ4n) is 3.85. The van der Waals surface area contributed by atoms with E-state index in [1.807, 2.05) is 0 Å². The second kappa shape index (κ2) is 11.7. The minimum absolute atomic E-state index is 0.0473. The van der Waals surface area contributed by atoms with Gasteiger partial charge >= 0.3 is 12.0 Å². The van der Waals surface area contributed by atoms with Gasteiger partial charge in [0.1, 0.15) is 11.8 Å². The number of unbranched alkanes of at least 4 members (excludes halogenated alkanes) is 1. The van der Waals surface area contributed by atoms with Crippen molar-refractivity contribution in [3.8, 4) is 0 Å². The Balaban J connectivity index is 1.65. The lowest BCUT2D eigenvalue weighted by Crippen LogP contribution is -2.52. The molecule has 176 valence electrons. The SMILES string of the molecule is CCCCNC(=O)CN1CCN(CC2=C(C(=O)OCC)C(c3ccco3)NC(=O)N2)CC1. The van der Waals surface area contributed by atoms with Gasteiger partial charge in [0.15, 0.2) is 0 Å². The number of nitrogens with zero attached hydrogens (tertiary/aromatic N) is 2. The van der Waals surface area contributed by atoms with E-state index in [1.165, 1.54) is 6.26 Å². The summed E-state index contributed by atoms with van der Waals surface area (Å²) in [5.74, 6) is 0.0317. The Morgan fingerprint density at radius 1 is 1.22 bits per heavy atom. The molecule has 0 saturated carbocycles. The van der Waals surface area contributed by atoms with Crippen molar-refractivity contribution in [2.75, 3.05) is 52.4 Å². The first-order valence-electron chi connectivity index (χ1n) is 11.2. The zero-order valence-electron chi connectivity index (χ0n) is 18.8. The van der Waals surface area contributed by atoms with Gasteiger partial charge in [-0.15, -0.1) is 0 Å². The molecule has 10 nitrogen and oxygen atoms in total. The Hall–Kier alpha value is -2.85. The molecule has 10 heteroatoms. The molecule has 1 fully saturated rings. The van der Waals surface area contributed by atoms with E-state index in [0.29, 0.717) is 36.7 Å². The number of nitrogens with one attached hydrogen (secondary N) is 3. The first kappa shape index (κ1) is 23.8. The van der Waals surface area contributed by atoms with Crippen molar-refractivity contribution in [1.29, 1.82) is 0 Å². The lowest BCUT2D eigenvalue weighted by molar-refractivity contribution is -0.139. The number of rotatable bonds is 10. The number of ether oxygens (including phenoxy) is 1. The molecule has 0 radical (unpaired) electrons. The summed E-state index contributed by atoms with van der Waals surface area (Å²) in [4.78, 5) is 41.4. The standard InChI is InChI=1S/C22H33N5O5/c1-3-5-8-23-18(28)15-27-11-9-26(10-12-27)14-16-19(21(29)31-4-2)20(25-22(30)24-16)17-7-6-13-32-17/h6-7,13,20H,3-5,8-12,14-15H2,1-2H3,(H,23,28)(H2,24,25,30). The summed E-state index contributed by atoms with van der Waals surface area (Å²) in [5.41, 5.74) is 0.860. The number of piperazine rings is 1. The second-order valence-electron chi connectivity index (χ2n) is 7.92. The van der Waals surface area contributed by atoms with Crippen molar-refractivity contribution in [3.05, 3.63) is 35.4 Å². The molecule has 2 aliphatic heterocycles. The molecule has 0 aliphatic carbocycles. The molecule has 32 heavy (non-hydrogen) atoms. The number of hydrogen-bond acceptors (Lipinski definition) is 7. The summed E-state index contributed by atoms with van der Waals surface area (Å²) < 4.78 is 10.7. The Kier molecular flexibility index (Phi) is 8.69. The molecule has 3 N–H and O–H groups in total. The van der Waals surface area contributed by atoms with Crippen molar-refractivity contribution in [2.24, 2.45) is 0 Å². The predicted octanol–water partition coefficient (Wildman–Crippen LogP) is 0.985. The van der Waals surface area contributed by atoms with Gasteiger partial charge in [-0.25, -0.2) is 9.59 Å². The normalized spacial score (nSPS) is 19.9. The molecule has 1 unspecified atom stereocenters. The zero-order chi connectivity index (χ0) is 22.9. The van der Waals surface area contributed by atoms with E-state index in [9.17, 15) is 14.4 Å². The number of hydrogen-bond donors (Lipinski definition) is 3. The molecule has 1 atom stereocenters. The van der Waals surface area contributed by atoms with E-state index in [0.717, 1.165) is 39.0 Å². The Morgan fingerprint density at radius 3 is 2.62 bits per heavy atom. The molecular formula is C22H33N5O5. The van der Waals surface area contributed by atoms with Gasteiger partial charge in [0.25, 0.3) is 0 Å². The van der Waals surface area contributed by atoms with Crippen LogP contribution in [0.1, 0.15) is 38.5 Å². The minimum atomic E-state index is -0.707. The average molecular weight is 448 g/mol. The van der Waals surface area contributed by atoms with Crippen LogP contribution in [0.3, 0.4) is 0 Å². The predicted molar refractivity (Wildman–Crippen MR) is 118 cm³/mol.